The summed E-state index contributed by atoms with van der Waals surface area (Å²) in [5.41, 5.74) is 1.83. The van der Waals surface area contributed by atoms with Crippen molar-refractivity contribution in [1.29, 1.82) is 0 Å². The Hall–Kier alpha value is -3.08. The Morgan fingerprint density at radius 2 is 2.09 bits per heavy atom. The van der Waals surface area contributed by atoms with Crippen LogP contribution in [0.2, 0.25) is 0 Å². The van der Waals surface area contributed by atoms with Gasteiger partial charge in [-0.05, 0) is 37.3 Å². The third kappa shape index (κ3) is 3.77. The first kappa shape index (κ1) is 14.8. The Bertz CT molecular complexity index is 789. The molecule has 0 aliphatic heterocycles. The van der Waals surface area contributed by atoms with Crippen LogP contribution in [0.4, 0.5) is 0 Å². The summed E-state index contributed by atoms with van der Waals surface area (Å²) in [5.74, 6) is 0.546. The van der Waals surface area contributed by atoms with Gasteiger partial charge in [-0.15, -0.1) is 0 Å². The molecule has 0 fully saturated rings. The third-order valence-electron chi connectivity index (χ3n) is 3.38. The molecule has 5 nitrogen and oxygen atoms in total. The van der Waals surface area contributed by atoms with Crippen LogP contribution in [-0.2, 0) is 4.79 Å². The molecular formula is C18H17N3O2. The predicted molar refractivity (Wildman–Crippen MR) is 87.9 cm³/mol. The highest BCUT2D eigenvalue weighted by Gasteiger charge is 2.09. The van der Waals surface area contributed by atoms with Crippen LogP contribution in [0.25, 0.3) is 11.8 Å². The van der Waals surface area contributed by atoms with Gasteiger partial charge in [0.2, 0.25) is 5.91 Å². The number of benzene rings is 1. The summed E-state index contributed by atoms with van der Waals surface area (Å²) in [5, 5.41) is 7.13. The topological polar surface area (TPSA) is 60.1 Å². The number of nitrogens with zero attached hydrogens (tertiary/aromatic N) is 2. The van der Waals surface area contributed by atoms with E-state index in [2.05, 4.69) is 10.4 Å². The average molecular weight is 307 g/mol. The summed E-state index contributed by atoms with van der Waals surface area (Å²) in [4.78, 5) is 11.9. The quantitative estimate of drug-likeness (QED) is 0.735. The molecule has 0 spiro atoms. The molecule has 0 aliphatic rings. The lowest BCUT2D eigenvalue weighted by Crippen LogP contribution is -2.24. The molecule has 3 aromatic rings. The fraction of sp³-hybridized carbons (Fsp3) is 0.111. The standard InChI is InChI=1S/C18H17N3O2/c1-14(17-8-5-11-23-17)20-18(22)10-9-15-12-19-21(13-15)16-6-3-2-4-7-16/h2-14H,1H3,(H,20,22)/b10-9+/t14-/m0/s1. The molecule has 0 saturated heterocycles. The van der Waals surface area contributed by atoms with Gasteiger partial charge in [0.15, 0.2) is 0 Å². The number of amides is 1. The molecule has 116 valence electrons. The van der Waals surface area contributed by atoms with Crippen molar-refractivity contribution in [3.05, 3.63) is 78.5 Å². The maximum atomic E-state index is 11.9. The summed E-state index contributed by atoms with van der Waals surface area (Å²) >= 11 is 0. The maximum Gasteiger partial charge on any atom is 0.244 e. The number of aromatic nitrogens is 2. The SMILES string of the molecule is C[C@H](NC(=O)/C=C/c1cnn(-c2ccccc2)c1)c1ccco1. The Morgan fingerprint density at radius 1 is 1.26 bits per heavy atom. The van der Waals surface area contributed by atoms with E-state index in [9.17, 15) is 4.79 Å². The molecular weight excluding hydrogens is 290 g/mol. The van der Waals surface area contributed by atoms with E-state index in [0.717, 1.165) is 17.0 Å². The van der Waals surface area contributed by atoms with Crippen LogP contribution >= 0.6 is 0 Å². The van der Waals surface area contributed by atoms with Gasteiger partial charge in [0.1, 0.15) is 5.76 Å². The van der Waals surface area contributed by atoms with E-state index in [1.807, 2.05) is 49.5 Å². The van der Waals surface area contributed by atoms with E-state index < -0.39 is 0 Å². The highest BCUT2D eigenvalue weighted by molar-refractivity contribution is 5.91. The van der Waals surface area contributed by atoms with Crippen LogP contribution < -0.4 is 5.32 Å². The van der Waals surface area contributed by atoms with E-state index in [4.69, 9.17) is 4.42 Å². The number of hydrogen-bond donors (Lipinski definition) is 1. The number of carbonyl (C=O) groups is 1. The predicted octanol–water partition coefficient (Wildman–Crippen LogP) is 3.36. The van der Waals surface area contributed by atoms with Gasteiger partial charge in [-0.2, -0.15) is 5.10 Å². The van der Waals surface area contributed by atoms with E-state index >= 15 is 0 Å². The van der Waals surface area contributed by atoms with Crippen molar-refractivity contribution in [2.75, 3.05) is 0 Å². The number of nitrogens with one attached hydrogen (secondary N) is 1. The number of carbonyl (C=O) groups excluding carboxylic acids is 1. The van der Waals surface area contributed by atoms with E-state index in [1.54, 1.807) is 29.3 Å². The Labute approximate surface area is 134 Å². The van der Waals surface area contributed by atoms with Crippen LogP contribution in [0, 0.1) is 0 Å². The van der Waals surface area contributed by atoms with Crippen molar-refractivity contribution in [3.8, 4) is 5.69 Å². The van der Waals surface area contributed by atoms with Crippen molar-refractivity contribution in [3.63, 3.8) is 0 Å². The molecule has 2 heterocycles. The summed E-state index contributed by atoms with van der Waals surface area (Å²) in [6, 6.07) is 13.3. The number of hydrogen-bond acceptors (Lipinski definition) is 3. The lowest BCUT2D eigenvalue weighted by molar-refractivity contribution is -0.117. The minimum Gasteiger partial charge on any atom is -0.467 e. The molecule has 5 heteroatoms. The van der Waals surface area contributed by atoms with Crippen LogP contribution in [-0.4, -0.2) is 15.7 Å². The van der Waals surface area contributed by atoms with Gasteiger partial charge >= 0.3 is 0 Å². The van der Waals surface area contributed by atoms with Gasteiger partial charge in [-0.25, -0.2) is 4.68 Å². The first-order valence-electron chi connectivity index (χ1n) is 7.34. The largest absolute Gasteiger partial charge is 0.467 e. The van der Waals surface area contributed by atoms with Gasteiger partial charge in [0.25, 0.3) is 0 Å². The first-order chi connectivity index (χ1) is 11.2. The van der Waals surface area contributed by atoms with Gasteiger partial charge in [0, 0.05) is 17.8 Å². The van der Waals surface area contributed by atoms with E-state index in [0.29, 0.717) is 0 Å². The molecule has 1 aromatic carbocycles. The molecule has 0 aliphatic carbocycles. The smallest absolute Gasteiger partial charge is 0.244 e. The second kappa shape index (κ2) is 6.79. The number of rotatable bonds is 5. The van der Waals surface area contributed by atoms with Crippen molar-refractivity contribution < 1.29 is 9.21 Å². The van der Waals surface area contributed by atoms with Crippen LogP contribution in [0.15, 0.2) is 71.6 Å². The molecule has 2 aromatic heterocycles. The lowest BCUT2D eigenvalue weighted by atomic mass is 10.2. The Kier molecular flexibility index (Phi) is 4.38. The van der Waals surface area contributed by atoms with Gasteiger partial charge in [-0.3, -0.25) is 4.79 Å². The second-order valence-electron chi connectivity index (χ2n) is 5.13. The normalized spacial score (nSPS) is 12.4. The van der Waals surface area contributed by atoms with Crippen LogP contribution in [0.1, 0.15) is 24.3 Å². The average Bonchev–Trinajstić information content (AvgIpc) is 3.25. The highest BCUT2D eigenvalue weighted by Crippen LogP contribution is 2.12. The van der Waals surface area contributed by atoms with Crippen molar-refractivity contribution in [2.24, 2.45) is 0 Å². The zero-order chi connectivity index (χ0) is 16.1. The molecule has 23 heavy (non-hydrogen) atoms. The molecule has 0 saturated carbocycles. The van der Waals surface area contributed by atoms with E-state index in [1.165, 1.54) is 6.08 Å². The van der Waals surface area contributed by atoms with Crippen molar-refractivity contribution >= 4 is 12.0 Å². The molecule has 0 radical (unpaired) electrons. The minimum absolute atomic E-state index is 0.172. The van der Waals surface area contributed by atoms with Crippen LogP contribution in [0.3, 0.4) is 0 Å². The third-order valence-corrected chi connectivity index (χ3v) is 3.38. The highest BCUT2D eigenvalue weighted by atomic mass is 16.3. The minimum atomic E-state index is -0.179. The van der Waals surface area contributed by atoms with Gasteiger partial charge in [-0.1, -0.05) is 18.2 Å². The van der Waals surface area contributed by atoms with Gasteiger partial charge < -0.3 is 9.73 Å². The fourth-order valence-corrected chi connectivity index (χ4v) is 2.19. The zero-order valence-corrected chi connectivity index (χ0v) is 12.7. The molecule has 1 amide bonds. The number of para-hydroxylation sites is 1. The van der Waals surface area contributed by atoms with Crippen molar-refractivity contribution in [2.45, 2.75) is 13.0 Å². The molecule has 3 rings (SSSR count). The van der Waals surface area contributed by atoms with Crippen molar-refractivity contribution in [1.82, 2.24) is 15.1 Å². The summed E-state index contributed by atoms with van der Waals surface area (Å²) < 4.78 is 7.03. The summed E-state index contributed by atoms with van der Waals surface area (Å²) in [6.07, 6.45) is 8.40. The second-order valence-corrected chi connectivity index (χ2v) is 5.13. The van der Waals surface area contributed by atoms with E-state index in [-0.39, 0.29) is 11.9 Å². The number of furan rings is 1. The van der Waals surface area contributed by atoms with Crippen LogP contribution in [0.5, 0.6) is 0 Å². The maximum absolute atomic E-state index is 11.9. The molecule has 1 N–H and O–H groups in total. The summed E-state index contributed by atoms with van der Waals surface area (Å²) in [6.45, 7) is 1.87. The Morgan fingerprint density at radius 3 is 2.83 bits per heavy atom. The lowest BCUT2D eigenvalue weighted by Gasteiger charge is -2.08. The molecule has 0 bridgehead atoms. The molecule has 1 atom stereocenters. The zero-order valence-electron chi connectivity index (χ0n) is 12.7. The summed E-state index contributed by atoms with van der Waals surface area (Å²) in [7, 11) is 0. The Balaban J connectivity index is 1.62. The van der Waals surface area contributed by atoms with Gasteiger partial charge in [0.05, 0.1) is 24.2 Å². The fourth-order valence-electron chi connectivity index (χ4n) is 2.19. The monoisotopic (exact) mass is 307 g/mol. The molecule has 0 unspecified atom stereocenters. The first-order valence-corrected chi connectivity index (χ1v) is 7.34.